The average molecular weight is 644 g/mol. The first kappa shape index (κ1) is 34.1. The molecule has 10 heteroatoms. The summed E-state index contributed by atoms with van der Waals surface area (Å²) < 4.78 is 12.4. The summed E-state index contributed by atoms with van der Waals surface area (Å²) in [6, 6.07) is 12.9. The van der Waals surface area contributed by atoms with Crippen LogP contribution in [0.5, 0.6) is 0 Å². The van der Waals surface area contributed by atoms with Gasteiger partial charge >= 0.3 is 5.97 Å². The number of likely N-dealkylation sites (tertiary alicyclic amines) is 1. The van der Waals surface area contributed by atoms with E-state index in [4.69, 9.17) is 9.47 Å². The van der Waals surface area contributed by atoms with Gasteiger partial charge in [-0.25, -0.2) is 0 Å². The Morgan fingerprint density at radius 1 is 1.13 bits per heavy atom. The Bertz CT molecular complexity index is 1510. The number of amides is 3. The summed E-state index contributed by atoms with van der Waals surface area (Å²) in [5.41, 5.74) is 1.85. The van der Waals surface area contributed by atoms with E-state index in [0.717, 1.165) is 16.8 Å². The molecule has 0 aromatic heterocycles. The second-order valence-electron chi connectivity index (χ2n) is 12.8. The molecule has 2 N–H and O–H groups in total. The van der Waals surface area contributed by atoms with Gasteiger partial charge in [-0.05, 0) is 56.7 Å². The molecule has 250 valence electrons. The van der Waals surface area contributed by atoms with Crippen molar-refractivity contribution >= 4 is 29.4 Å². The molecule has 2 aromatic carbocycles. The van der Waals surface area contributed by atoms with E-state index < -0.39 is 60.2 Å². The average Bonchev–Trinajstić information content (AvgIpc) is 3.70. The first-order chi connectivity index (χ1) is 22.6. The number of aliphatic hydroxyl groups excluding tert-OH is 1. The Kier molecular flexibility index (Phi) is 10.3. The van der Waals surface area contributed by atoms with Gasteiger partial charge in [0.25, 0.3) is 5.91 Å². The standard InChI is InChI=1S/C37H45N3O7/c1-6-8-17-29(42)38-21-25(5)46-36(45)30-28-18-19-37(47-28)31(30)34(43)40(27(22-41)26-15-10-9-11-16-26)33(37)35(44)39(20-7-2)32-23(3)13-12-14-24(32)4/h6-7,9-16,25,27-28,30-31,33,41H,1-2,8,17-22H2,3-5H3,(H,38,42)/t25-,27-,28-,30+,31+,33-,37+/m1/s1. The van der Waals surface area contributed by atoms with Crippen LogP contribution < -0.4 is 10.2 Å². The van der Waals surface area contributed by atoms with E-state index in [2.05, 4.69) is 18.5 Å². The topological polar surface area (TPSA) is 125 Å². The van der Waals surface area contributed by atoms with Crippen molar-refractivity contribution in [1.29, 1.82) is 0 Å². The Hall–Kier alpha value is -4.28. The number of nitrogens with one attached hydrogen (secondary N) is 1. The van der Waals surface area contributed by atoms with E-state index in [1.165, 1.54) is 4.90 Å². The fourth-order valence-corrected chi connectivity index (χ4v) is 7.70. The Balaban J connectivity index is 1.52. The molecule has 5 rings (SSSR count). The van der Waals surface area contributed by atoms with Crippen LogP contribution in [0.3, 0.4) is 0 Å². The number of carbonyl (C=O) groups excluding carboxylic acids is 4. The van der Waals surface area contributed by atoms with E-state index in [-0.39, 0.29) is 31.3 Å². The number of esters is 1. The van der Waals surface area contributed by atoms with Crippen molar-refractivity contribution in [2.24, 2.45) is 11.8 Å². The number of fused-ring (bicyclic) bond motifs is 1. The number of aliphatic hydroxyl groups is 1. The molecule has 3 fully saturated rings. The Labute approximate surface area is 276 Å². The highest BCUT2D eigenvalue weighted by atomic mass is 16.6. The number of ether oxygens (including phenoxy) is 2. The van der Waals surface area contributed by atoms with Crippen LogP contribution in [0.15, 0.2) is 73.8 Å². The molecule has 2 aromatic rings. The van der Waals surface area contributed by atoms with Crippen molar-refractivity contribution in [3.05, 3.63) is 90.5 Å². The molecule has 3 aliphatic rings. The molecule has 3 heterocycles. The maximum Gasteiger partial charge on any atom is 0.312 e. The molecule has 10 nitrogen and oxygen atoms in total. The van der Waals surface area contributed by atoms with Crippen LogP contribution in [-0.4, -0.2) is 77.2 Å². The van der Waals surface area contributed by atoms with Crippen molar-refractivity contribution in [1.82, 2.24) is 10.2 Å². The molecule has 0 radical (unpaired) electrons. The quantitative estimate of drug-likeness (QED) is 0.236. The van der Waals surface area contributed by atoms with E-state index >= 15 is 4.79 Å². The van der Waals surface area contributed by atoms with Crippen LogP contribution in [0.1, 0.15) is 55.3 Å². The number of rotatable bonds is 14. The van der Waals surface area contributed by atoms with Gasteiger partial charge < -0.3 is 29.7 Å². The Morgan fingerprint density at radius 3 is 2.47 bits per heavy atom. The van der Waals surface area contributed by atoms with E-state index in [1.807, 2.05) is 62.4 Å². The third-order valence-corrected chi connectivity index (χ3v) is 9.70. The minimum absolute atomic E-state index is 0.115. The number of benzene rings is 2. The van der Waals surface area contributed by atoms with E-state index in [0.29, 0.717) is 24.8 Å². The monoisotopic (exact) mass is 643 g/mol. The summed E-state index contributed by atoms with van der Waals surface area (Å²) in [6.07, 6.45) is 3.71. The highest BCUT2D eigenvalue weighted by Crippen LogP contribution is 2.60. The van der Waals surface area contributed by atoms with Crippen LogP contribution >= 0.6 is 0 Å². The maximum atomic E-state index is 15.0. The lowest BCUT2D eigenvalue weighted by Gasteiger charge is -2.40. The number of para-hydroxylation sites is 1. The number of anilines is 1. The van der Waals surface area contributed by atoms with Gasteiger partial charge in [0.05, 0.1) is 37.1 Å². The molecule has 0 saturated carbocycles. The zero-order chi connectivity index (χ0) is 33.9. The summed E-state index contributed by atoms with van der Waals surface area (Å²) in [5, 5.41) is 13.5. The predicted molar refractivity (Wildman–Crippen MR) is 177 cm³/mol. The molecule has 47 heavy (non-hydrogen) atoms. The van der Waals surface area contributed by atoms with Crippen molar-refractivity contribution in [3.8, 4) is 0 Å². The summed E-state index contributed by atoms with van der Waals surface area (Å²) in [7, 11) is 0. The lowest BCUT2D eigenvalue weighted by Crippen LogP contribution is -2.57. The zero-order valence-electron chi connectivity index (χ0n) is 27.4. The summed E-state index contributed by atoms with van der Waals surface area (Å²) in [5.74, 6) is -3.51. The van der Waals surface area contributed by atoms with Gasteiger partial charge in [0.2, 0.25) is 11.8 Å². The second kappa shape index (κ2) is 14.2. The lowest BCUT2D eigenvalue weighted by atomic mass is 9.70. The molecule has 3 amide bonds. The first-order valence-corrected chi connectivity index (χ1v) is 16.3. The molecule has 0 unspecified atom stereocenters. The van der Waals surface area contributed by atoms with Gasteiger partial charge in [-0.15, -0.1) is 13.2 Å². The van der Waals surface area contributed by atoms with Gasteiger partial charge in [-0.3, -0.25) is 19.2 Å². The molecule has 3 aliphatic heterocycles. The van der Waals surface area contributed by atoms with Crippen molar-refractivity contribution in [2.75, 3.05) is 24.6 Å². The summed E-state index contributed by atoms with van der Waals surface area (Å²) >= 11 is 0. The van der Waals surface area contributed by atoms with Crippen LogP contribution in [0, 0.1) is 25.7 Å². The van der Waals surface area contributed by atoms with Gasteiger partial charge in [0, 0.05) is 18.7 Å². The molecule has 2 bridgehead atoms. The normalized spacial score (nSPS) is 25.5. The number of nitrogens with zero attached hydrogens (tertiary/aromatic N) is 2. The van der Waals surface area contributed by atoms with Gasteiger partial charge in [-0.2, -0.15) is 0 Å². The van der Waals surface area contributed by atoms with Gasteiger partial charge in [0.15, 0.2) is 0 Å². The minimum Gasteiger partial charge on any atom is -0.460 e. The number of aryl methyl sites for hydroxylation is 2. The molecular formula is C37H45N3O7. The second-order valence-corrected chi connectivity index (χ2v) is 12.8. The lowest BCUT2D eigenvalue weighted by molar-refractivity contribution is -0.159. The van der Waals surface area contributed by atoms with E-state index in [9.17, 15) is 19.5 Å². The molecule has 0 aliphatic carbocycles. The minimum atomic E-state index is -1.30. The molecule has 7 atom stereocenters. The van der Waals surface area contributed by atoms with Crippen molar-refractivity contribution < 1.29 is 33.8 Å². The highest BCUT2D eigenvalue weighted by molar-refractivity contribution is 6.05. The fourth-order valence-electron chi connectivity index (χ4n) is 7.70. The van der Waals surface area contributed by atoms with Crippen LogP contribution in [0.25, 0.3) is 0 Å². The Morgan fingerprint density at radius 2 is 1.83 bits per heavy atom. The van der Waals surface area contributed by atoms with Crippen LogP contribution in [0.4, 0.5) is 5.69 Å². The summed E-state index contributed by atoms with van der Waals surface area (Å²) in [4.78, 5) is 58.7. The van der Waals surface area contributed by atoms with Crippen LogP contribution in [0.2, 0.25) is 0 Å². The zero-order valence-corrected chi connectivity index (χ0v) is 27.4. The first-order valence-electron chi connectivity index (χ1n) is 16.3. The van der Waals surface area contributed by atoms with Crippen LogP contribution in [-0.2, 0) is 28.7 Å². The SMILES string of the molecule is C=CCCC(=O)NC[C@@H](C)OC(=O)[C@@H]1[C@H]2C(=O)N([C@H](CO)c3ccccc3)[C@H](C(=O)N(CC=C)c3c(C)cccc3C)[C@]23CC[C@H]1O3. The van der Waals surface area contributed by atoms with Gasteiger partial charge in [0.1, 0.15) is 17.7 Å². The van der Waals surface area contributed by atoms with Crippen molar-refractivity contribution in [2.45, 2.75) is 76.3 Å². The molecular weight excluding hydrogens is 598 g/mol. The number of hydrogen-bond donors (Lipinski definition) is 2. The van der Waals surface area contributed by atoms with E-state index in [1.54, 1.807) is 24.0 Å². The van der Waals surface area contributed by atoms with Gasteiger partial charge in [-0.1, -0.05) is 60.7 Å². The predicted octanol–water partition coefficient (Wildman–Crippen LogP) is 3.94. The largest absolute Gasteiger partial charge is 0.460 e. The summed E-state index contributed by atoms with van der Waals surface area (Å²) in [6.45, 7) is 12.9. The number of carbonyl (C=O) groups is 4. The van der Waals surface area contributed by atoms with Crippen molar-refractivity contribution in [3.63, 3.8) is 0 Å². The smallest absolute Gasteiger partial charge is 0.312 e. The molecule has 1 spiro atoms. The number of allylic oxidation sites excluding steroid dienone is 1. The third-order valence-electron chi connectivity index (χ3n) is 9.70. The maximum absolute atomic E-state index is 15.0. The third kappa shape index (κ3) is 6.24. The molecule has 3 saturated heterocycles. The highest BCUT2D eigenvalue weighted by Gasteiger charge is 2.76. The fraction of sp³-hybridized carbons (Fsp3) is 0.459. The number of hydrogen-bond acceptors (Lipinski definition) is 7.